The summed E-state index contributed by atoms with van der Waals surface area (Å²) in [5, 5.41) is 9.12. The van der Waals surface area contributed by atoms with Crippen LogP contribution < -0.4 is 4.72 Å². The maximum Gasteiger partial charge on any atom is 0.337 e. The molecule has 0 atom stereocenters. The van der Waals surface area contributed by atoms with Gasteiger partial charge in [0.05, 0.1) is 15.6 Å². The fourth-order valence-electron chi connectivity index (χ4n) is 1.49. The van der Waals surface area contributed by atoms with E-state index in [1.165, 1.54) is 24.3 Å². The van der Waals surface area contributed by atoms with Gasteiger partial charge in [0.2, 0.25) is 0 Å². The van der Waals surface area contributed by atoms with Gasteiger partial charge in [-0.15, -0.1) is 11.3 Å². The molecular formula is C11H6BrCl2NO4S2. The number of benzene rings is 1. The van der Waals surface area contributed by atoms with Crippen LogP contribution in [-0.2, 0) is 10.0 Å². The van der Waals surface area contributed by atoms with E-state index < -0.39 is 16.0 Å². The zero-order valence-corrected chi connectivity index (χ0v) is 14.7. The third-order valence-corrected chi connectivity index (χ3v) is 5.98. The van der Waals surface area contributed by atoms with Crippen molar-refractivity contribution < 1.29 is 18.3 Å². The van der Waals surface area contributed by atoms with E-state index in [1.807, 2.05) is 0 Å². The van der Waals surface area contributed by atoms with Crippen LogP contribution in [0.4, 0.5) is 5.69 Å². The Morgan fingerprint density at radius 3 is 2.48 bits per heavy atom. The normalized spacial score (nSPS) is 11.4. The molecule has 0 amide bonds. The second-order valence-corrected chi connectivity index (χ2v) is 8.64. The minimum atomic E-state index is -4.03. The average Bonchev–Trinajstić information content (AvgIpc) is 2.71. The van der Waals surface area contributed by atoms with Gasteiger partial charge in [0.25, 0.3) is 10.0 Å². The summed E-state index contributed by atoms with van der Waals surface area (Å²) in [4.78, 5) is 11.0. The quantitative estimate of drug-likeness (QED) is 0.756. The molecule has 0 radical (unpaired) electrons. The molecule has 2 N–H and O–H groups in total. The van der Waals surface area contributed by atoms with Gasteiger partial charge in [0, 0.05) is 4.47 Å². The minimum absolute atomic E-state index is 0.00138. The average molecular weight is 431 g/mol. The highest BCUT2D eigenvalue weighted by atomic mass is 79.9. The lowest BCUT2D eigenvalue weighted by Crippen LogP contribution is -2.15. The van der Waals surface area contributed by atoms with Crippen LogP contribution in [0.15, 0.2) is 33.6 Å². The van der Waals surface area contributed by atoms with E-state index in [2.05, 4.69) is 20.7 Å². The van der Waals surface area contributed by atoms with E-state index in [0.29, 0.717) is 4.47 Å². The largest absolute Gasteiger partial charge is 0.478 e. The van der Waals surface area contributed by atoms with Crippen LogP contribution in [0.5, 0.6) is 0 Å². The standard InChI is InChI=1S/C11H6BrCl2NO4S2/c12-5-1-2-7(6(3-5)11(16)17)15-21(18,19)8-4-9(13)20-10(8)14/h1-4,15H,(H,16,17). The molecule has 1 aromatic carbocycles. The van der Waals surface area contributed by atoms with Gasteiger partial charge >= 0.3 is 5.97 Å². The van der Waals surface area contributed by atoms with E-state index in [1.54, 1.807) is 0 Å². The highest BCUT2D eigenvalue weighted by Gasteiger charge is 2.23. The lowest BCUT2D eigenvalue weighted by molar-refractivity contribution is 0.0698. The lowest BCUT2D eigenvalue weighted by atomic mass is 10.2. The molecule has 0 aliphatic carbocycles. The van der Waals surface area contributed by atoms with Crippen molar-refractivity contribution in [2.75, 3.05) is 4.72 Å². The molecule has 2 aromatic rings. The number of rotatable bonds is 4. The van der Waals surface area contributed by atoms with Gasteiger partial charge in [-0.2, -0.15) is 0 Å². The number of sulfonamides is 1. The highest BCUT2D eigenvalue weighted by Crippen LogP contribution is 2.35. The molecule has 1 heterocycles. The number of thiophene rings is 1. The van der Waals surface area contributed by atoms with Gasteiger partial charge in [0.15, 0.2) is 0 Å². The second-order valence-electron chi connectivity index (χ2n) is 3.79. The van der Waals surface area contributed by atoms with Crippen molar-refractivity contribution >= 4 is 72.1 Å². The number of carboxylic acids is 1. The molecule has 1 aromatic heterocycles. The number of carboxylic acid groups (broad SMARTS) is 1. The molecule has 0 unspecified atom stereocenters. The van der Waals surface area contributed by atoms with Gasteiger partial charge < -0.3 is 5.11 Å². The first-order valence-corrected chi connectivity index (χ1v) is 9.06. The molecule has 112 valence electrons. The van der Waals surface area contributed by atoms with Gasteiger partial charge in [-0.3, -0.25) is 4.72 Å². The number of hydrogen-bond donors (Lipinski definition) is 2. The van der Waals surface area contributed by atoms with Crippen LogP contribution in [0.1, 0.15) is 10.4 Å². The third kappa shape index (κ3) is 3.70. The predicted octanol–water partition coefficient (Wildman–Crippen LogP) is 4.32. The molecular weight excluding hydrogens is 425 g/mol. The Bertz CT molecular complexity index is 820. The van der Waals surface area contributed by atoms with Crippen LogP contribution in [0.2, 0.25) is 8.67 Å². The fraction of sp³-hybridized carbons (Fsp3) is 0. The third-order valence-electron chi connectivity index (χ3n) is 2.37. The molecule has 21 heavy (non-hydrogen) atoms. The monoisotopic (exact) mass is 429 g/mol. The van der Waals surface area contributed by atoms with E-state index in [-0.39, 0.29) is 24.8 Å². The maximum absolute atomic E-state index is 12.2. The van der Waals surface area contributed by atoms with Crippen LogP contribution in [0.3, 0.4) is 0 Å². The van der Waals surface area contributed by atoms with Crippen molar-refractivity contribution in [3.8, 4) is 0 Å². The highest BCUT2D eigenvalue weighted by molar-refractivity contribution is 9.10. The molecule has 0 aliphatic rings. The Morgan fingerprint density at radius 2 is 1.95 bits per heavy atom. The summed E-state index contributed by atoms with van der Waals surface area (Å²) in [5.41, 5.74) is -0.255. The Kier molecular flexibility index (Phi) is 4.84. The SMILES string of the molecule is O=C(O)c1cc(Br)ccc1NS(=O)(=O)c1cc(Cl)sc1Cl. The van der Waals surface area contributed by atoms with Crippen LogP contribution >= 0.6 is 50.5 Å². The summed E-state index contributed by atoms with van der Waals surface area (Å²) in [6, 6.07) is 5.36. The summed E-state index contributed by atoms with van der Waals surface area (Å²) in [5.74, 6) is -1.26. The lowest BCUT2D eigenvalue weighted by Gasteiger charge is -2.10. The molecule has 5 nitrogen and oxygen atoms in total. The smallest absolute Gasteiger partial charge is 0.337 e. The maximum atomic E-state index is 12.2. The van der Waals surface area contributed by atoms with Crippen LogP contribution in [-0.4, -0.2) is 19.5 Å². The zero-order valence-electron chi connectivity index (χ0n) is 9.93. The van der Waals surface area contributed by atoms with Crippen molar-refractivity contribution in [3.63, 3.8) is 0 Å². The number of aromatic carboxylic acids is 1. The Balaban J connectivity index is 2.47. The fourth-order valence-corrected chi connectivity index (χ4v) is 5.08. The van der Waals surface area contributed by atoms with Crippen molar-refractivity contribution in [1.82, 2.24) is 0 Å². The molecule has 0 saturated carbocycles. The van der Waals surface area contributed by atoms with Crippen molar-refractivity contribution in [2.45, 2.75) is 4.90 Å². The number of hydrogen-bond acceptors (Lipinski definition) is 4. The van der Waals surface area contributed by atoms with E-state index in [4.69, 9.17) is 28.3 Å². The number of halogens is 3. The van der Waals surface area contributed by atoms with Gasteiger partial charge in [-0.1, -0.05) is 39.1 Å². The number of carbonyl (C=O) groups is 1. The van der Waals surface area contributed by atoms with Crippen molar-refractivity contribution in [1.29, 1.82) is 0 Å². The van der Waals surface area contributed by atoms with Crippen molar-refractivity contribution in [3.05, 3.63) is 43.0 Å². The zero-order chi connectivity index (χ0) is 15.8. The van der Waals surface area contributed by atoms with Crippen LogP contribution in [0.25, 0.3) is 0 Å². The Hall–Kier alpha value is -0.800. The van der Waals surface area contributed by atoms with Gasteiger partial charge in [0.1, 0.15) is 9.23 Å². The summed E-state index contributed by atoms with van der Waals surface area (Å²) in [7, 11) is -4.03. The summed E-state index contributed by atoms with van der Waals surface area (Å²) >= 11 is 15.6. The summed E-state index contributed by atoms with van der Waals surface area (Å²) < 4.78 is 27.4. The molecule has 0 aliphatic heterocycles. The molecule has 10 heteroatoms. The predicted molar refractivity (Wildman–Crippen MR) is 86.2 cm³/mol. The summed E-state index contributed by atoms with van der Waals surface area (Å²) in [6.07, 6.45) is 0. The first kappa shape index (κ1) is 16.6. The summed E-state index contributed by atoms with van der Waals surface area (Å²) in [6.45, 7) is 0. The molecule has 0 bridgehead atoms. The molecule has 0 spiro atoms. The Morgan fingerprint density at radius 1 is 1.29 bits per heavy atom. The number of anilines is 1. The first-order chi connectivity index (χ1) is 9.70. The van der Waals surface area contributed by atoms with Gasteiger partial charge in [-0.05, 0) is 24.3 Å². The topological polar surface area (TPSA) is 83.5 Å². The van der Waals surface area contributed by atoms with Crippen molar-refractivity contribution in [2.24, 2.45) is 0 Å². The molecule has 2 rings (SSSR count). The Labute approximate surface area is 142 Å². The van der Waals surface area contributed by atoms with E-state index >= 15 is 0 Å². The first-order valence-electron chi connectivity index (χ1n) is 5.21. The molecule has 0 saturated heterocycles. The van der Waals surface area contributed by atoms with Gasteiger partial charge in [-0.25, -0.2) is 13.2 Å². The minimum Gasteiger partial charge on any atom is -0.478 e. The van der Waals surface area contributed by atoms with Crippen LogP contribution in [0, 0.1) is 0 Å². The second kappa shape index (κ2) is 6.13. The molecule has 0 fully saturated rings. The van der Waals surface area contributed by atoms with E-state index in [9.17, 15) is 13.2 Å². The van der Waals surface area contributed by atoms with E-state index in [0.717, 1.165) is 11.3 Å². The number of nitrogens with one attached hydrogen (secondary N) is 1.